The highest BCUT2D eigenvalue weighted by atomic mass is 32.2. The second-order valence-corrected chi connectivity index (χ2v) is 5.90. The molecule has 1 aromatic rings. The summed E-state index contributed by atoms with van der Waals surface area (Å²) in [4.78, 5) is 1.38. The van der Waals surface area contributed by atoms with Gasteiger partial charge in [0.25, 0.3) is 0 Å². The summed E-state index contributed by atoms with van der Waals surface area (Å²) in [5.74, 6) is 2.11. The summed E-state index contributed by atoms with van der Waals surface area (Å²) in [6.07, 6.45) is 4.15. The zero-order valence-electron chi connectivity index (χ0n) is 9.99. The topological polar surface area (TPSA) is 12.0 Å². The molecular weight excluding hydrogens is 214 g/mol. The number of hydrogen-bond acceptors (Lipinski definition) is 2. The molecule has 1 fully saturated rings. The first-order valence-electron chi connectivity index (χ1n) is 6.26. The fourth-order valence-corrected chi connectivity index (χ4v) is 3.15. The van der Waals surface area contributed by atoms with E-state index < -0.39 is 0 Å². The van der Waals surface area contributed by atoms with Gasteiger partial charge in [-0.1, -0.05) is 25.1 Å². The molecule has 0 aromatic heterocycles. The maximum absolute atomic E-state index is 3.66. The van der Waals surface area contributed by atoms with Crippen molar-refractivity contribution in [3.63, 3.8) is 0 Å². The largest absolute Gasteiger partial charge is 0.313 e. The van der Waals surface area contributed by atoms with E-state index in [2.05, 4.69) is 42.6 Å². The summed E-state index contributed by atoms with van der Waals surface area (Å²) in [6, 6.07) is 11.4. The van der Waals surface area contributed by atoms with Crippen LogP contribution in [0.1, 0.15) is 26.2 Å². The van der Waals surface area contributed by atoms with Crippen LogP contribution >= 0.6 is 11.8 Å². The van der Waals surface area contributed by atoms with E-state index in [1.54, 1.807) is 0 Å². The SMILES string of the molecule is CC1CCC(NCCSc2ccccc2)C1. The Labute approximate surface area is 103 Å². The van der Waals surface area contributed by atoms with Gasteiger partial charge in [0.15, 0.2) is 0 Å². The van der Waals surface area contributed by atoms with Crippen LogP contribution in [-0.2, 0) is 0 Å². The molecule has 0 bridgehead atoms. The number of benzene rings is 1. The molecule has 0 amide bonds. The first-order valence-corrected chi connectivity index (χ1v) is 7.24. The molecule has 0 aliphatic heterocycles. The standard InChI is InChI=1S/C14H21NS/c1-12-7-8-13(11-12)15-9-10-16-14-5-3-2-4-6-14/h2-6,12-13,15H,7-11H2,1H3. The van der Waals surface area contributed by atoms with Crippen molar-refractivity contribution in [2.24, 2.45) is 5.92 Å². The summed E-state index contributed by atoms with van der Waals surface area (Å²) in [5, 5.41) is 3.66. The Kier molecular flexibility index (Phi) is 4.73. The number of hydrogen-bond donors (Lipinski definition) is 1. The van der Waals surface area contributed by atoms with E-state index >= 15 is 0 Å². The zero-order chi connectivity index (χ0) is 11.2. The predicted molar refractivity (Wildman–Crippen MR) is 72.0 cm³/mol. The maximum Gasteiger partial charge on any atom is 0.0106 e. The Morgan fingerprint density at radius 1 is 1.25 bits per heavy atom. The molecule has 1 nitrogen and oxygen atoms in total. The highest BCUT2D eigenvalue weighted by molar-refractivity contribution is 7.99. The summed E-state index contributed by atoms with van der Waals surface area (Å²) >= 11 is 1.94. The van der Waals surface area contributed by atoms with Crippen molar-refractivity contribution in [3.05, 3.63) is 30.3 Å². The first kappa shape index (κ1) is 12.0. The van der Waals surface area contributed by atoms with Gasteiger partial charge >= 0.3 is 0 Å². The van der Waals surface area contributed by atoms with Gasteiger partial charge in [0.1, 0.15) is 0 Å². The van der Waals surface area contributed by atoms with E-state index in [0.29, 0.717) is 0 Å². The Morgan fingerprint density at radius 3 is 2.75 bits per heavy atom. The molecule has 2 heteroatoms. The van der Waals surface area contributed by atoms with E-state index in [9.17, 15) is 0 Å². The van der Waals surface area contributed by atoms with E-state index in [4.69, 9.17) is 0 Å². The van der Waals surface area contributed by atoms with Gasteiger partial charge in [-0.05, 0) is 37.3 Å². The average molecular weight is 235 g/mol. The molecule has 2 unspecified atom stereocenters. The van der Waals surface area contributed by atoms with Crippen LogP contribution in [0.2, 0.25) is 0 Å². The molecule has 0 radical (unpaired) electrons. The van der Waals surface area contributed by atoms with Crippen molar-refractivity contribution < 1.29 is 0 Å². The van der Waals surface area contributed by atoms with Gasteiger partial charge in [-0.25, -0.2) is 0 Å². The summed E-state index contributed by atoms with van der Waals surface area (Å²) < 4.78 is 0. The minimum Gasteiger partial charge on any atom is -0.313 e. The third kappa shape index (κ3) is 3.84. The molecule has 0 heterocycles. The van der Waals surface area contributed by atoms with Gasteiger partial charge in [-0.15, -0.1) is 11.8 Å². The number of thioether (sulfide) groups is 1. The van der Waals surface area contributed by atoms with Crippen molar-refractivity contribution in [1.82, 2.24) is 5.32 Å². The lowest BCUT2D eigenvalue weighted by atomic mass is 10.1. The lowest BCUT2D eigenvalue weighted by Gasteiger charge is -2.11. The van der Waals surface area contributed by atoms with Gasteiger partial charge in [-0.2, -0.15) is 0 Å². The highest BCUT2D eigenvalue weighted by Crippen LogP contribution is 2.24. The van der Waals surface area contributed by atoms with Crippen molar-refractivity contribution in [2.45, 2.75) is 37.1 Å². The molecule has 1 aliphatic carbocycles. The van der Waals surface area contributed by atoms with E-state index in [0.717, 1.165) is 18.5 Å². The Hall–Kier alpha value is -0.470. The molecule has 2 rings (SSSR count). The lowest BCUT2D eigenvalue weighted by Crippen LogP contribution is -2.28. The molecular formula is C14H21NS. The fraction of sp³-hybridized carbons (Fsp3) is 0.571. The third-order valence-corrected chi connectivity index (χ3v) is 4.26. The molecule has 0 saturated heterocycles. The van der Waals surface area contributed by atoms with Gasteiger partial charge < -0.3 is 5.32 Å². The Balaban J connectivity index is 1.59. The van der Waals surface area contributed by atoms with Crippen molar-refractivity contribution in [1.29, 1.82) is 0 Å². The van der Waals surface area contributed by atoms with Crippen molar-refractivity contribution in [3.8, 4) is 0 Å². The van der Waals surface area contributed by atoms with E-state index in [1.807, 2.05) is 11.8 Å². The second kappa shape index (κ2) is 6.31. The van der Waals surface area contributed by atoms with Crippen LogP contribution in [0, 0.1) is 5.92 Å². The first-order chi connectivity index (χ1) is 7.84. The Bertz CT molecular complexity index is 299. The third-order valence-electron chi connectivity index (χ3n) is 3.24. The zero-order valence-corrected chi connectivity index (χ0v) is 10.8. The molecule has 2 atom stereocenters. The molecule has 0 spiro atoms. The van der Waals surface area contributed by atoms with E-state index in [1.165, 1.54) is 29.9 Å². The van der Waals surface area contributed by atoms with Crippen LogP contribution < -0.4 is 5.32 Å². The van der Waals surface area contributed by atoms with Gasteiger partial charge in [-0.3, -0.25) is 0 Å². The summed E-state index contributed by atoms with van der Waals surface area (Å²) in [7, 11) is 0. The maximum atomic E-state index is 3.66. The van der Waals surface area contributed by atoms with Crippen LogP contribution in [0.5, 0.6) is 0 Å². The molecule has 1 N–H and O–H groups in total. The molecule has 88 valence electrons. The van der Waals surface area contributed by atoms with Gasteiger partial charge in [0.2, 0.25) is 0 Å². The van der Waals surface area contributed by atoms with Crippen LogP contribution in [0.15, 0.2) is 35.2 Å². The number of rotatable bonds is 5. The molecule has 1 saturated carbocycles. The van der Waals surface area contributed by atoms with Crippen LogP contribution in [0.4, 0.5) is 0 Å². The lowest BCUT2D eigenvalue weighted by molar-refractivity contribution is 0.518. The number of nitrogens with one attached hydrogen (secondary N) is 1. The second-order valence-electron chi connectivity index (χ2n) is 4.73. The molecule has 1 aliphatic rings. The van der Waals surface area contributed by atoms with E-state index in [-0.39, 0.29) is 0 Å². The van der Waals surface area contributed by atoms with Gasteiger partial charge in [0, 0.05) is 23.2 Å². The quantitative estimate of drug-likeness (QED) is 0.618. The summed E-state index contributed by atoms with van der Waals surface area (Å²) in [5.41, 5.74) is 0. The van der Waals surface area contributed by atoms with Crippen LogP contribution in [0.3, 0.4) is 0 Å². The van der Waals surface area contributed by atoms with Crippen molar-refractivity contribution >= 4 is 11.8 Å². The predicted octanol–water partition coefficient (Wildman–Crippen LogP) is 3.56. The minimum absolute atomic E-state index is 0.784. The van der Waals surface area contributed by atoms with Crippen LogP contribution in [-0.4, -0.2) is 18.3 Å². The highest BCUT2D eigenvalue weighted by Gasteiger charge is 2.19. The van der Waals surface area contributed by atoms with Crippen LogP contribution in [0.25, 0.3) is 0 Å². The minimum atomic E-state index is 0.784. The average Bonchev–Trinajstić information content (AvgIpc) is 2.72. The monoisotopic (exact) mass is 235 g/mol. The summed E-state index contributed by atoms with van der Waals surface area (Å²) in [6.45, 7) is 3.50. The van der Waals surface area contributed by atoms with Crippen molar-refractivity contribution in [2.75, 3.05) is 12.3 Å². The Morgan fingerprint density at radius 2 is 2.06 bits per heavy atom. The molecule has 16 heavy (non-hydrogen) atoms. The fourth-order valence-electron chi connectivity index (χ4n) is 2.34. The normalized spacial score (nSPS) is 24.8. The van der Waals surface area contributed by atoms with Gasteiger partial charge in [0.05, 0.1) is 0 Å². The smallest absolute Gasteiger partial charge is 0.0106 e. The molecule has 1 aromatic carbocycles.